The van der Waals surface area contributed by atoms with Gasteiger partial charge in [0.25, 0.3) is 5.56 Å². The van der Waals surface area contributed by atoms with Gasteiger partial charge in [0.2, 0.25) is 5.78 Å². The molecule has 0 fully saturated rings. The summed E-state index contributed by atoms with van der Waals surface area (Å²) in [7, 11) is 0. The molecule has 2 heterocycles. The summed E-state index contributed by atoms with van der Waals surface area (Å²) >= 11 is 1.58. The van der Waals surface area contributed by atoms with Crippen LogP contribution >= 0.6 is 11.3 Å². The Labute approximate surface area is 178 Å². The summed E-state index contributed by atoms with van der Waals surface area (Å²) in [5.41, 5.74) is 2.58. The quantitative estimate of drug-likeness (QED) is 0.479. The molecule has 7 heteroatoms. The number of H-pyrrole nitrogens is 1. The van der Waals surface area contributed by atoms with Gasteiger partial charge >= 0.3 is 5.97 Å². The molecule has 0 saturated heterocycles. The molecule has 0 spiro atoms. The zero-order chi connectivity index (χ0) is 21.3. The third-order valence-electron chi connectivity index (χ3n) is 5.45. The van der Waals surface area contributed by atoms with E-state index < -0.39 is 12.1 Å². The van der Waals surface area contributed by atoms with Gasteiger partial charge in [0, 0.05) is 16.9 Å². The molecule has 2 aromatic heterocycles. The zero-order valence-electron chi connectivity index (χ0n) is 17.1. The van der Waals surface area contributed by atoms with Crippen LogP contribution in [0.3, 0.4) is 0 Å². The maximum atomic E-state index is 12.6. The highest BCUT2D eigenvalue weighted by Crippen LogP contribution is 2.33. The van der Waals surface area contributed by atoms with Crippen LogP contribution in [0.4, 0.5) is 0 Å². The van der Waals surface area contributed by atoms with Gasteiger partial charge in [-0.3, -0.25) is 14.4 Å². The molecule has 30 heavy (non-hydrogen) atoms. The number of hydrogen-bond donors (Lipinski definition) is 1. The Hall–Kier alpha value is -2.80. The number of carbonyl (C=O) groups excluding carboxylic acids is 2. The van der Waals surface area contributed by atoms with Gasteiger partial charge in [-0.25, -0.2) is 4.98 Å². The SMILES string of the molecule is Cc1ccc(C(=O)C(C)OC(=O)CCc2nc3sc4c(c3c(=O)[nH]2)CCCC4)cc1. The normalized spacial score (nSPS) is 14.3. The summed E-state index contributed by atoms with van der Waals surface area (Å²) in [5.74, 6) is -0.253. The van der Waals surface area contributed by atoms with E-state index in [0.717, 1.165) is 41.6 Å². The van der Waals surface area contributed by atoms with E-state index in [9.17, 15) is 14.4 Å². The molecule has 156 valence electrons. The molecule has 0 aliphatic heterocycles. The van der Waals surface area contributed by atoms with Crippen molar-refractivity contribution in [2.24, 2.45) is 0 Å². The Morgan fingerprint density at radius 2 is 1.93 bits per heavy atom. The first-order valence-corrected chi connectivity index (χ1v) is 11.1. The maximum absolute atomic E-state index is 12.6. The Morgan fingerprint density at radius 1 is 1.20 bits per heavy atom. The number of fused-ring (bicyclic) bond motifs is 3. The molecule has 1 aliphatic carbocycles. The van der Waals surface area contributed by atoms with Crippen molar-refractivity contribution in [1.82, 2.24) is 9.97 Å². The van der Waals surface area contributed by atoms with E-state index in [1.54, 1.807) is 30.4 Å². The lowest BCUT2D eigenvalue weighted by Crippen LogP contribution is -2.24. The van der Waals surface area contributed by atoms with Crippen molar-refractivity contribution >= 4 is 33.3 Å². The van der Waals surface area contributed by atoms with Gasteiger partial charge in [0.15, 0.2) is 6.10 Å². The number of benzene rings is 1. The predicted molar refractivity (Wildman–Crippen MR) is 116 cm³/mol. The molecule has 1 aromatic carbocycles. The van der Waals surface area contributed by atoms with E-state index in [0.29, 0.717) is 16.8 Å². The van der Waals surface area contributed by atoms with Crippen LogP contribution in [-0.4, -0.2) is 27.8 Å². The lowest BCUT2D eigenvalue weighted by Gasteiger charge is -2.12. The molecular weight excluding hydrogens is 400 g/mol. The molecule has 1 unspecified atom stereocenters. The predicted octanol–water partition coefficient (Wildman–Crippen LogP) is 3.92. The number of esters is 1. The molecule has 6 nitrogen and oxygen atoms in total. The summed E-state index contributed by atoms with van der Waals surface area (Å²) in [4.78, 5) is 46.6. The molecule has 1 atom stereocenters. The number of aromatic amines is 1. The average Bonchev–Trinajstić information content (AvgIpc) is 3.11. The Kier molecular flexibility index (Phi) is 5.81. The van der Waals surface area contributed by atoms with Gasteiger partial charge in [0.05, 0.1) is 11.8 Å². The first-order chi connectivity index (χ1) is 14.4. The first-order valence-electron chi connectivity index (χ1n) is 10.3. The van der Waals surface area contributed by atoms with Crippen LogP contribution in [0.15, 0.2) is 29.1 Å². The van der Waals surface area contributed by atoms with Crippen molar-refractivity contribution in [2.45, 2.75) is 58.5 Å². The number of aryl methyl sites for hydroxylation is 4. The smallest absolute Gasteiger partial charge is 0.306 e. The van der Waals surface area contributed by atoms with Crippen molar-refractivity contribution in [2.75, 3.05) is 0 Å². The second kappa shape index (κ2) is 8.52. The van der Waals surface area contributed by atoms with E-state index >= 15 is 0 Å². The lowest BCUT2D eigenvalue weighted by atomic mass is 9.97. The number of carbonyl (C=O) groups is 2. The summed E-state index contributed by atoms with van der Waals surface area (Å²) < 4.78 is 5.30. The van der Waals surface area contributed by atoms with Crippen LogP contribution in [0.2, 0.25) is 0 Å². The number of ether oxygens (including phenoxy) is 1. The fourth-order valence-corrected chi connectivity index (χ4v) is 5.09. The van der Waals surface area contributed by atoms with Crippen LogP contribution in [0, 0.1) is 6.92 Å². The minimum absolute atomic E-state index is 0.0467. The van der Waals surface area contributed by atoms with Crippen LogP contribution in [-0.2, 0) is 28.8 Å². The monoisotopic (exact) mass is 424 g/mol. The fourth-order valence-electron chi connectivity index (χ4n) is 3.81. The van der Waals surface area contributed by atoms with E-state index in [1.165, 1.54) is 4.88 Å². The van der Waals surface area contributed by atoms with Crippen LogP contribution in [0.5, 0.6) is 0 Å². The van der Waals surface area contributed by atoms with Gasteiger partial charge in [-0.15, -0.1) is 11.3 Å². The average molecular weight is 425 g/mol. The summed E-state index contributed by atoms with van der Waals surface area (Å²) in [6, 6.07) is 7.16. The zero-order valence-corrected chi connectivity index (χ0v) is 17.9. The highest BCUT2D eigenvalue weighted by atomic mass is 32.1. The van der Waals surface area contributed by atoms with E-state index in [2.05, 4.69) is 9.97 Å². The minimum Gasteiger partial charge on any atom is -0.454 e. The third-order valence-corrected chi connectivity index (χ3v) is 6.64. The molecule has 1 aliphatic rings. The second-order valence-corrected chi connectivity index (χ2v) is 8.85. The Balaban J connectivity index is 1.40. The van der Waals surface area contributed by atoms with Crippen molar-refractivity contribution < 1.29 is 14.3 Å². The molecule has 4 rings (SSSR count). The molecule has 0 amide bonds. The number of aromatic nitrogens is 2. The van der Waals surface area contributed by atoms with Crippen LogP contribution in [0.1, 0.15) is 58.4 Å². The third kappa shape index (κ3) is 4.21. The second-order valence-electron chi connectivity index (χ2n) is 7.77. The molecule has 1 N–H and O–H groups in total. The number of ketones is 1. The minimum atomic E-state index is -0.862. The van der Waals surface area contributed by atoms with Crippen molar-refractivity contribution in [3.8, 4) is 0 Å². The number of nitrogens with one attached hydrogen (secondary N) is 1. The lowest BCUT2D eigenvalue weighted by molar-refractivity contribution is -0.146. The molecule has 0 radical (unpaired) electrons. The van der Waals surface area contributed by atoms with Gasteiger partial charge in [-0.05, 0) is 45.1 Å². The highest BCUT2D eigenvalue weighted by Gasteiger charge is 2.21. The fraction of sp³-hybridized carbons (Fsp3) is 0.391. The van der Waals surface area contributed by atoms with Gasteiger partial charge in [0.1, 0.15) is 10.7 Å². The first kappa shape index (κ1) is 20.5. The number of Topliss-reactive ketones (excluding diaryl/α,β-unsaturated/α-hetero) is 1. The van der Waals surface area contributed by atoms with E-state index in [4.69, 9.17) is 4.74 Å². The maximum Gasteiger partial charge on any atom is 0.306 e. The Bertz CT molecular complexity index is 1160. The highest BCUT2D eigenvalue weighted by molar-refractivity contribution is 7.18. The van der Waals surface area contributed by atoms with Crippen LogP contribution in [0.25, 0.3) is 10.2 Å². The largest absolute Gasteiger partial charge is 0.454 e. The van der Waals surface area contributed by atoms with Gasteiger partial charge < -0.3 is 9.72 Å². The van der Waals surface area contributed by atoms with Crippen molar-refractivity contribution in [1.29, 1.82) is 0 Å². The molecule has 0 saturated carbocycles. The number of hydrogen-bond acceptors (Lipinski definition) is 6. The number of thiophene rings is 1. The summed E-state index contributed by atoms with van der Waals surface area (Å²) in [6.45, 7) is 3.52. The van der Waals surface area contributed by atoms with Crippen molar-refractivity contribution in [3.63, 3.8) is 0 Å². The van der Waals surface area contributed by atoms with Crippen LogP contribution < -0.4 is 5.56 Å². The van der Waals surface area contributed by atoms with Crippen molar-refractivity contribution in [3.05, 3.63) is 62.0 Å². The molecule has 0 bridgehead atoms. The summed E-state index contributed by atoms with van der Waals surface area (Å²) in [5, 5.41) is 0.707. The number of nitrogens with zero attached hydrogens (tertiary/aromatic N) is 1. The van der Waals surface area contributed by atoms with E-state index in [-0.39, 0.29) is 24.2 Å². The Morgan fingerprint density at radius 3 is 2.70 bits per heavy atom. The number of rotatable bonds is 6. The standard InChI is InChI=1S/C23H24N2O4S/c1-13-7-9-15(10-8-13)21(27)14(2)29-19(26)12-11-18-24-22(28)20-16-5-3-4-6-17(16)30-23(20)25-18/h7-10,14H,3-6,11-12H2,1-2H3,(H,24,25,28). The molecule has 3 aromatic rings. The summed E-state index contributed by atoms with van der Waals surface area (Å²) in [6.07, 6.45) is 3.63. The van der Waals surface area contributed by atoms with Gasteiger partial charge in [-0.2, -0.15) is 0 Å². The molecular formula is C23H24N2O4S. The van der Waals surface area contributed by atoms with Gasteiger partial charge in [-0.1, -0.05) is 29.8 Å². The topological polar surface area (TPSA) is 89.1 Å². The van der Waals surface area contributed by atoms with E-state index in [1.807, 2.05) is 19.1 Å².